The lowest BCUT2D eigenvalue weighted by molar-refractivity contribution is -0.137. The molecule has 0 bridgehead atoms. The van der Waals surface area contributed by atoms with Crippen LogP contribution in [0.2, 0.25) is 5.02 Å². The topological polar surface area (TPSA) is 54.4 Å². The van der Waals surface area contributed by atoms with Gasteiger partial charge in [-0.05, 0) is 18.2 Å². The number of carbonyl (C=O) groups excluding carboxylic acids is 1. The van der Waals surface area contributed by atoms with Crippen LogP contribution in [0.3, 0.4) is 0 Å². The molecule has 0 aliphatic carbocycles. The van der Waals surface area contributed by atoms with Gasteiger partial charge >= 0.3 is 5.97 Å². The Balaban J connectivity index is 2.95. The molecule has 1 rings (SSSR count). The van der Waals surface area contributed by atoms with Gasteiger partial charge in [-0.25, -0.2) is 0 Å². The Morgan fingerprint density at radius 1 is 1.50 bits per heavy atom. The fraction of sp³-hybridized carbons (Fsp3) is 0.273. The van der Waals surface area contributed by atoms with Crippen molar-refractivity contribution < 1.29 is 14.7 Å². The molecule has 16 heavy (non-hydrogen) atoms. The fourth-order valence-corrected chi connectivity index (χ4v) is 1.88. The summed E-state index contributed by atoms with van der Waals surface area (Å²) in [6.07, 6.45) is -0.193. The number of carboxylic acids is 1. The molecule has 0 saturated heterocycles. The Hall–Kier alpha value is -0.870. The summed E-state index contributed by atoms with van der Waals surface area (Å²) in [5, 5.41) is 8.95. The van der Waals surface area contributed by atoms with E-state index in [1.807, 2.05) is 0 Å². The van der Waals surface area contributed by atoms with E-state index in [9.17, 15) is 9.59 Å². The molecule has 0 radical (unpaired) electrons. The number of ketones is 1. The van der Waals surface area contributed by atoms with Crippen molar-refractivity contribution in [2.75, 3.05) is 0 Å². The predicted molar refractivity (Wildman–Crippen MR) is 64.9 cm³/mol. The maximum absolute atomic E-state index is 11.9. The van der Waals surface area contributed by atoms with Gasteiger partial charge in [-0.15, -0.1) is 0 Å². The maximum Gasteiger partial charge on any atom is 0.304 e. The third kappa shape index (κ3) is 3.32. The summed E-state index contributed by atoms with van der Waals surface area (Å²) in [6.45, 7) is 1.58. The third-order valence-electron chi connectivity index (χ3n) is 2.12. The largest absolute Gasteiger partial charge is 0.481 e. The van der Waals surface area contributed by atoms with Crippen LogP contribution in [0.1, 0.15) is 23.7 Å². The lowest BCUT2D eigenvalue weighted by Crippen LogP contribution is -2.15. The van der Waals surface area contributed by atoms with Gasteiger partial charge in [-0.1, -0.05) is 34.5 Å². The average molecular weight is 306 g/mol. The Morgan fingerprint density at radius 3 is 2.69 bits per heavy atom. The van der Waals surface area contributed by atoms with Crippen molar-refractivity contribution in [3.63, 3.8) is 0 Å². The van der Waals surface area contributed by atoms with Crippen LogP contribution < -0.4 is 0 Å². The monoisotopic (exact) mass is 304 g/mol. The van der Waals surface area contributed by atoms with E-state index < -0.39 is 11.9 Å². The van der Waals surface area contributed by atoms with Gasteiger partial charge in [0.25, 0.3) is 0 Å². The third-order valence-corrected chi connectivity index (χ3v) is 2.95. The first-order valence-electron chi connectivity index (χ1n) is 4.63. The number of Topliss-reactive ketones (excluding diaryl/α,β-unsaturated/α-hetero) is 1. The first kappa shape index (κ1) is 13.2. The van der Waals surface area contributed by atoms with Crippen molar-refractivity contribution in [1.82, 2.24) is 0 Å². The summed E-state index contributed by atoms with van der Waals surface area (Å²) in [5.74, 6) is -1.83. The molecule has 3 nitrogen and oxygen atoms in total. The van der Waals surface area contributed by atoms with Crippen molar-refractivity contribution >= 4 is 39.3 Å². The van der Waals surface area contributed by atoms with Crippen molar-refractivity contribution in [2.45, 2.75) is 13.3 Å². The number of rotatable bonds is 4. The first-order chi connectivity index (χ1) is 7.41. The minimum absolute atomic E-state index is 0.193. The van der Waals surface area contributed by atoms with Crippen LogP contribution in [0, 0.1) is 5.92 Å². The molecule has 1 N–H and O–H groups in total. The molecule has 0 fully saturated rings. The standard InChI is InChI=1S/C11H10BrClO3/c1-6(4-10(14)15)11(16)8-5-7(12)2-3-9(8)13/h2-3,5-6H,4H2,1H3,(H,14,15). The smallest absolute Gasteiger partial charge is 0.304 e. The molecular formula is C11H10BrClO3. The second-order valence-corrected chi connectivity index (χ2v) is 4.81. The van der Waals surface area contributed by atoms with Gasteiger partial charge in [0.1, 0.15) is 0 Å². The van der Waals surface area contributed by atoms with Gasteiger partial charge in [0, 0.05) is 16.0 Å². The molecule has 5 heteroatoms. The number of aliphatic carboxylic acids is 1. The molecule has 0 aliphatic rings. The predicted octanol–water partition coefficient (Wildman–Crippen LogP) is 3.40. The van der Waals surface area contributed by atoms with Gasteiger partial charge in [0.15, 0.2) is 5.78 Å². The molecule has 0 heterocycles. The van der Waals surface area contributed by atoms with E-state index >= 15 is 0 Å². The summed E-state index contributed by atoms with van der Waals surface area (Å²) in [5.41, 5.74) is 0.352. The van der Waals surface area contributed by atoms with Crippen molar-refractivity contribution in [3.8, 4) is 0 Å². The minimum atomic E-state index is -0.994. The Morgan fingerprint density at radius 2 is 2.12 bits per heavy atom. The average Bonchev–Trinajstić information content (AvgIpc) is 2.19. The maximum atomic E-state index is 11.9. The van der Waals surface area contributed by atoms with Crippen LogP contribution in [0.4, 0.5) is 0 Å². The van der Waals surface area contributed by atoms with E-state index in [-0.39, 0.29) is 12.2 Å². The number of halogens is 2. The molecule has 0 aromatic heterocycles. The normalized spacial score (nSPS) is 12.2. The molecule has 86 valence electrons. The lowest BCUT2D eigenvalue weighted by atomic mass is 9.96. The highest BCUT2D eigenvalue weighted by Gasteiger charge is 2.20. The van der Waals surface area contributed by atoms with Crippen LogP contribution in [-0.4, -0.2) is 16.9 Å². The highest BCUT2D eigenvalue weighted by atomic mass is 79.9. The molecular weight excluding hydrogens is 295 g/mol. The van der Waals surface area contributed by atoms with Gasteiger partial charge < -0.3 is 5.11 Å². The molecule has 1 atom stereocenters. The molecule has 0 spiro atoms. The zero-order valence-corrected chi connectivity index (χ0v) is 10.9. The van der Waals surface area contributed by atoms with Crippen LogP contribution in [0.5, 0.6) is 0 Å². The summed E-state index contributed by atoms with van der Waals surface area (Å²) in [4.78, 5) is 22.4. The molecule has 0 saturated carbocycles. The molecule has 1 aromatic rings. The van der Waals surface area contributed by atoms with Gasteiger partial charge in [-0.3, -0.25) is 9.59 Å². The molecule has 1 aromatic carbocycles. The quantitative estimate of drug-likeness (QED) is 0.867. The van der Waals surface area contributed by atoms with Crippen LogP contribution in [0.15, 0.2) is 22.7 Å². The number of hydrogen-bond acceptors (Lipinski definition) is 2. The second kappa shape index (κ2) is 5.46. The van der Waals surface area contributed by atoms with Crippen molar-refractivity contribution in [3.05, 3.63) is 33.3 Å². The fourth-order valence-electron chi connectivity index (χ4n) is 1.31. The van der Waals surface area contributed by atoms with Crippen LogP contribution in [-0.2, 0) is 4.79 Å². The van der Waals surface area contributed by atoms with Gasteiger partial charge in [0.05, 0.1) is 11.4 Å². The summed E-state index contributed by atoms with van der Waals surface area (Å²) >= 11 is 9.12. The number of benzene rings is 1. The Labute approximate surface area is 107 Å². The van der Waals surface area contributed by atoms with E-state index in [1.54, 1.807) is 25.1 Å². The lowest BCUT2D eigenvalue weighted by Gasteiger charge is -2.09. The molecule has 1 unspecified atom stereocenters. The SMILES string of the molecule is CC(CC(=O)O)C(=O)c1cc(Br)ccc1Cl. The Bertz CT molecular complexity index is 431. The highest BCUT2D eigenvalue weighted by Crippen LogP contribution is 2.24. The highest BCUT2D eigenvalue weighted by molar-refractivity contribution is 9.10. The van der Waals surface area contributed by atoms with E-state index in [0.717, 1.165) is 4.47 Å². The molecule has 0 aliphatic heterocycles. The Kier molecular flexibility index (Phi) is 4.50. The first-order valence-corrected chi connectivity index (χ1v) is 5.80. The summed E-state index contributed by atoms with van der Waals surface area (Å²) < 4.78 is 0.739. The van der Waals surface area contributed by atoms with Crippen LogP contribution >= 0.6 is 27.5 Å². The summed E-state index contributed by atoms with van der Waals surface area (Å²) in [6, 6.07) is 4.93. The second-order valence-electron chi connectivity index (χ2n) is 3.49. The van der Waals surface area contributed by atoms with E-state index in [4.69, 9.17) is 16.7 Å². The van der Waals surface area contributed by atoms with Crippen molar-refractivity contribution in [2.24, 2.45) is 5.92 Å². The zero-order chi connectivity index (χ0) is 12.3. The van der Waals surface area contributed by atoms with E-state index in [1.165, 1.54) is 0 Å². The van der Waals surface area contributed by atoms with Gasteiger partial charge in [0.2, 0.25) is 0 Å². The number of hydrogen-bond donors (Lipinski definition) is 1. The number of carboxylic acid groups (broad SMARTS) is 1. The van der Waals surface area contributed by atoms with Crippen molar-refractivity contribution in [1.29, 1.82) is 0 Å². The zero-order valence-electron chi connectivity index (χ0n) is 8.54. The van der Waals surface area contributed by atoms with Gasteiger partial charge in [-0.2, -0.15) is 0 Å². The minimum Gasteiger partial charge on any atom is -0.481 e. The van der Waals surface area contributed by atoms with Crippen LogP contribution in [0.25, 0.3) is 0 Å². The van der Waals surface area contributed by atoms with E-state index in [2.05, 4.69) is 15.9 Å². The molecule has 0 amide bonds. The van der Waals surface area contributed by atoms with E-state index in [0.29, 0.717) is 10.6 Å². The summed E-state index contributed by atoms with van der Waals surface area (Å²) in [7, 11) is 0. The number of carbonyl (C=O) groups is 2.